The summed E-state index contributed by atoms with van der Waals surface area (Å²) < 4.78 is 4.81. The number of aromatic nitrogens is 1. The molecule has 0 aromatic carbocycles. The van der Waals surface area contributed by atoms with Gasteiger partial charge in [0.15, 0.2) is 0 Å². The van der Waals surface area contributed by atoms with Crippen molar-refractivity contribution in [1.82, 2.24) is 9.88 Å². The summed E-state index contributed by atoms with van der Waals surface area (Å²) >= 11 is 0. The first-order valence-electron chi connectivity index (χ1n) is 6.69. The molecule has 5 nitrogen and oxygen atoms in total. The van der Waals surface area contributed by atoms with Crippen LogP contribution in [0.15, 0.2) is 0 Å². The van der Waals surface area contributed by atoms with E-state index in [2.05, 4.69) is 4.98 Å². The van der Waals surface area contributed by atoms with Gasteiger partial charge in [-0.05, 0) is 25.3 Å². The SMILES string of the molecule is CCCc1c(C(=O)N2CCC2)[nH]c(C)c1C(=O)OC. The van der Waals surface area contributed by atoms with Crippen molar-refractivity contribution in [3.63, 3.8) is 0 Å². The van der Waals surface area contributed by atoms with Crippen LogP contribution in [0.1, 0.15) is 51.9 Å². The number of esters is 1. The zero-order valence-corrected chi connectivity index (χ0v) is 11.7. The molecule has 0 bridgehead atoms. The lowest BCUT2D eigenvalue weighted by atomic mass is 10.0. The van der Waals surface area contributed by atoms with Gasteiger partial charge in [0.2, 0.25) is 0 Å². The number of likely N-dealkylation sites (tertiary alicyclic amines) is 1. The van der Waals surface area contributed by atoms with Crippen LogP contribution in [0.3, 0.4) is 0 Å². The highest BCUT2D eigenvalue weighted by Gasteiger charge is 2.29. The van der Waals surface area contributed by atoms with Crippen LogP contribution in [0.25, 0.3) is 0 Å². The number of carbonyl (C=O) groups is 2. The summed E-state index contributed by atoms with van der Waals surface area (Å²) in [7, 11) is 1.36. The molecule has 2 heterocycles. The zero-order chi connectivity index (χ0) is 14.0. The molecule has 0 aliphatic carbocycles. The van der Waals surface area contributed by atoms with Crippen LogP contribution < -0.4 is 0 Å². The second-order valence-electron chi connectivity index (χ2n) is 4.87. The Kier molecular flexibility index (Phi) is 3.93. The molecule has 0 spiro atoms. The summed E-state index contributed by atoms with van der Waals surface area (Å²) in [4.78, 5) is 29.1. The Balaban J connectivity index is 2.42. The largest absolute Gasteiger partial charge is 0.465 e. The fraction of sp³-hybridized carbons (Fsp3) is 0.571. The predicted octanol–water partition coefficient (Wildman–Crippen LogP) is 1.91. The van der Waals surface area contributed by atoms with Crippen LogP contribution >= 0.6 is 0 Å². The lowest BCUT2D eigenvalue weighted by Gasteiger charge is -2.30. The smallest absolute Gasteiger partial charge is 0.339 e. The summed E-state index contributed by atoms with van der Waals surface area (Å²) in [5.41, 5.74) is 2.58. The van der Waals surface area contributed by atoms with Crippen LogP contribution in [0.2, 0.25) is 0 Å². The normalized spacial score (nSPS) is 14.2. The number of hydrogen-bond donors (Lipinski definition) is 1. The van der Waals surface area contributed by atoms with Crippen molar-refractivity contribution in [1.29, 1.82) is 0 Å². The monoisotopic (exact) mass is 264 g/mol. The number of ether oxygens (including phenoxy) is 1. The fourth-order valence-electron chi connectivity index (χ4n) is 2.42. The van der Waals surface area contributed by atoms with Crippen LogP contribution in [0, 0.1) is 6.92 Å². The van der Waals surface area contributed by atoms with Crippen molar-refractivity contribution in [2.24, 2.45) is 0 Å². The van der Waals surface area contributed by atoms with Gasteiger partial charge in [-0.15, -0.1) is 0 Å². The average Bonchev–Trinajstić information content (AvgIpc) is 2.64. The Morgan fingerprint density at radius 2 is 2.05 bits per heavy atom. The lowest BCUT2D eigenvalue weighted by Crippen LogP contribution is -2.42. The van der Waals surface area contributed by atoms with E-state index in [-0.39, 0.29) is 11.9 Å². The van der Waals surface area contributed by atoms with Gasteiger partial charge in [-0.2, -0.15) is 0 Å². The number of rotatable bonds is 4. The number of aryl methyl sites for hydroxylation is 1. The van der Waals surface area contributed by atoms with E-state index in [9.17, 15) is 9.59 Å². The molecule has 1 aromatic rings. The van der Waals surface area contributed by atoms with E-state index in [1.54, 1.807) is 11.8 Å². The molecular weight excluding hydrogens is 244 g/mol. The molecule has 19 heavy (non-hydrogen) atoms. The molecule has 1 saturated heterocycles. The minimum absolute atomic E-state index is 0.00652. The Labute approximate surface area is 112 Å². The third kappa shape index (κ3) is 2.37. The highest BCUT2D eigenvalue weighted by atomic mass is 16.5. The van der Waals surface area contributed by atoms with Crippen LogP contribution in [0.5, 0.6) is 0 Å². The van der Waals surface area contributed by atoms with Gasteiger partial charge in [0.05, 0.1) is 12.7 Å². The minimum atomic E-state index is -0.375. The van der Waals surface area contributed by atoms with Crippen molar-refractivity contribution >= 4 is 11.9 Å². The van der Waals surface area contributed by atoms with Crippen LogP contribution in [-0.2, 0) is 11.2 Å². The number of H-pyrrole nitrogens is 1. The predicted molar refractivity (Wildman–Crippen MR) is 71.4 cm³/mol. The third-order valence-electron chi connectivity index (χ3n) is 3.54. The maximum atomic E-state index is 12.3. The van der Waals surface area contributed by atoms with E-state index in [4.69, 9.17) is 4.74 Å². The van der Waals surface area contributed by atoms with Gasteiger partial charge in [0, 0.05) is 18.8 Å². The van der Waals surface area contributed by atoms with E-state index in [0.29, 0.717) is 23.4 Å². The van der Waals surface area contributed by atoms with Crippen LogP contribution in [-0.4, -0.2) is 42.0 Å². The minimum Gasteiger partial charge on any atom is -0.465 e. The van der Waals surface area contributed by atoms with Crippen molar-refractivity contribution in [3.8, 4) is 0 Å². The maximum Gasteiger partial charge on any atom is 0.339 e. The van der Waals surface area contributed by atoms with Crippen molar-refractivity contribution < 1.29 is 14.3 Å². The first kappa shape index (κ1) is 13.6. The molecule has 2 rings (SSSR count). The summed E-state index contributed by atoms with van der Waals surface area (Å²) in [5.74, 6) is -0.382. The molecule has 0 radical (unpaired) electrons. The van der Waals surface area contributed by atoms with Crippen molar-refractivity contribution in [2.45, 2.75) is 33.1 Å². The second kappa shape index (κ2) is 5.47. The van der Waals surface area contributed by atoms with Gasteiger partial charge in [0.1, 0.15) is 5.69 Å². The number of nitrogens with one attached hydrogen (secondary N) is 1. The quantitative estimate of drug-likeness (QED) is 0.845. The molecule has 5 heteroatoms. The Hall–Kier alpha value is -1.78. The standard InChI is InChI=1S/C14H20N2O3/c1-4-6-10-11(14(18)19-3)9(2)15-12(10)13(17)16-7-5-8-16/h15H,4-8H2,1-3H3. The summed E-state index contributed by atoms with van der Waals surface area (Å²) in [6.07, 6.45) is 2.63. The molecule has 0 atom stereocenters. The topological polar surface area (TPSA) is 62.4 Å². The van der Waals surface area contributed by atoms with E-state index in [0.717, 1.165) is 31.5 Å². The highest BCUT2D eigenvalue weighted by molar-refractivity contribution is 6.00. The van der Waals surface area contributed by atoms with Crippen molar-refractivity contribution in [3.05, 3.63) is 22.5 Å². The molecule has 1 aliphatic rings. The van der Waals surface area contributed by atoms with E-state index in [1.807, 2.05) is 6.92 Å². The molecule has 1 N–H and O–H groups in total. The molecule has 0 saturated carbocycles. The number of hydrogen-bond acceptors (Lipinski definition) is 3. The fourth-order valence-corrected chi connectivity index (χ4v) is 2.42. The molecular formula is C14H20N2O3. The highest BCUT2D eigenvalue weighted by Crippen LogP contribution is 2.24. The number of carbonyl (C=O) groups excluding carboxylic acids is 2. The molecule has 1 aliphatic heterocycles. The first-order chi connectivity index (χ1) is 9.10. The zero-order valence-electron chi connectivity index (χ0n) is 11.7. The summed E-state index contributed by atoms with van der Waals surface area (Å²) in [6.45, 7) is 5.44. The number of amides is 1. The average molecular weight is 264 g/mol. The number of aromatic amines is 1. The van der Waals surface area contributed by atoms with E-state index < -0.39 is 0 Å². The van der Waals surface area contributed by atoms with Gasteiger partial charge in [-0.25, -0.2) is 4.79 Å². The van der Waals surface area contributed by atoms with E-state index in [1.165, 1.54) is 7.11 Å². The maximum absolute atomic E-state index is 12.3. The van der Waals surface area contributed by atoms with Crippen molar-refractivity contribution in [2.75, 3.05) is 20.2 Å². The molecule has 1 aromatic heterocycles. The summed E-state index contributed by atoms with van der Waals surface area (Å²) in [6, 6.07) is 0. The molecule has 0 unspecified atom stereocenters. The number of nitrogens with zero attached hydrogens (tertiary/aromatic N) is 1. The number of methoxy groups -OCH3 is 1. The van der Waals surface area contributed by atoms with Gasteiger partial charge in [-0.1, -0.05) is 13.3 Å². The van der Waals surface area contributed by atoms with Gasteiger partial charge < -0.3 is 14.6 Å². The first-order valence-corrected chi connectivity index (χ1v) is 6.69. The van der Waals surface area contributed by atoms with Gasteiger partial charge >= 0.3 is 5.97 Å². The lowest BCUT2D eigenvalue weighted by molar-refractivity contribution is 0.0599. The Morgan fingerprint density at radius 3 is 2.53 bits per heavy atom. The molecule has 1 fully saturated rings. The van der Waals surface area contributed by atoms with Crippen LogP contribution in [0.4, 0.5) is 0 Å². The molecule has 1 amide bonds. The third-order valence-corrected chi connectivity index (χ3v) is 3.54. The summed E-state index contributed by atoms with van der Waals surface area (Å²) in [5, 5.41) is 0. The van der Waals surface area contributed by atoms with Gasteiger partial charge in [0.25, 0.3) is 5.91 Å². The molecule has 104 valence electrons. The Bertz CT molecular complexity index is 501. The second-order valence-corrected chi connectivity index (χ2v) is 4.87. The van der Waals surface area contributed by atoms with E-state index >= 15 is 0 Å². The van der Waals surface area contributed by atoms with Gasteiger partial charge in [-0.3, -0.25) is 4.79 Å². The Morgan fingerprint density at radius 1 is 1.37 bits per heavy atom.